The van der Waals surface area contributed by atoms with Crippen LogP contribution in [0.3, 0.4) is 0 Å². The second kappa shape index (κ2) is 8.35. The first-order chi connectivity index (χ1) is 14.7. The van der Waals surface area contributed by atoms with Gasteiger partial charge in [-0.15, -0.1) is 0 Å². The molecule has 2 aliphatic rings. The van der Waals surface area contributed by atoms with E-state index < -0.39 is 26.6 Å². The Balaban J connectivity index is 1.35. The molecule has 2 heterocycles. The van der Waals surface area contributed by atoms with Crippen molar-refractivity contribution in [3.05, 3.63) is 53.5 Å². The van der Waals surface area contributed by atoms with Gasteiger partial charge in [0.25, 0.3) is 0 Å². The highest BCUT2D eigenvalue weighted by Gasteiger charge is 2.37. The van der Waals surface area contributed by atoms with E-state index in [9.17, 15) is 22.0 Å². The maximum atomic E-state index is 14.0. The van der Waals surface area contributed by atoms with Crippen LogP contribution in [0.25, 0.3) is 0 Å². The summed E-state index contributed by atoms with van der Waals surface area (Å²) in [6.07, 6.45) is 1.77. The Morgan fingerprint density at radius 2 is 1.87 bits per heavy atom. The summed E-state index contributed by atoms with van der Waals surface area (Å²) in [5, 5.41) is 0. The summed E-state index contributed by atoms with van der Waals surface area (Å²) in [6, 6.07) is 6.24. The predicted octanol–water partition coefficient (Wildman–Crippen LogP) is 3.74. The molecule has 2 fully saturated rings. The van der Waals surface area contributed by atoms with Gasteiger partial charge in [0.1, 0.15) is 28.1 Å². The standard InChI is InChI=1S/C22H26F2N2O4S/c1-14-11-18(14)20-6-4-17(30-20)13-25(2)22(27)15-7-9-26(10-8-15)31(28,29)21-12-16(23)3-5-19(21)24/h3-6,12,14-15,18H,7-11,13H2,1-2H3/t14-,18-/m0/s1. The second-order valence-corrected chi connectivity index (χ2v) is 10.5. The molecule has 0 radical (unpaired) electrons. The van der Waals surface area contributed by atoms with Crippen molar-refractivity contribution >= 4 is 15.9 Å². The number of amides is 1. The Labute approximate surface area is 180 Å². The minimum Gasteiger partial charge on any atom is -0.464 e. The third-order valence-electron chi connectivity index (χ3n) is 6.24. The van der Waals surface area contributed by atoms with E-state index in [0.29, 0.717) is 37.3 Å². The average Bonchev–Trinajstić information content (AvgIpc) is 3.29. The molecule has 0 N–H and O–H groups in total. The summed E-state index contributed by atoms with van der Waals surface area (Å²) in [7, 11) is -2.45. The van der Waals surface area contributed by atoms with Crippen molar-refractivity contribution in [3.63, 3.8) is 0 Å². The minimum absolute atomic E-state index is 0.0764. The van der Waals surface area contributed by atoms with E-state index in [2.05, 4.69) is 6.92 Å². The van der Waals surface area contributed by atoms with Gasteiger partial charge in [-0.3, -0.25) is 4.79 Å². The van der Waals surface area contributed by atoms with Crippen LogP contribution in [0.4, 0.5) is 8.78 Å². The zero-order chi connectivity index (χ0) is 22.3. The van der Waals surface area contributed by atoms with Crippen LogP contribution in [-0.4, -0.2) is 43.7 Å². The Kier molecular flexibility index (Phi) is 5.91. The number of hydrogen-bond donors (Lipinski definition) is 0. The number of furan rings is 1. The number of carbonyl (C=O) groups is 1. The van der Waals surface area contributed by atoms with Gasteiger partial charge in [0.2, 0.25) is 15.9 Å². The number of hydrogen-bond acceptors (Lipinski definition) is 4. The molecule has 6 nitrogen and oxygen atoms in total. The summed E-state index contributed by atoms with van der Waals surface area (Å²) in [5.41, 5.74) is 0. The fourth-order valence-electron chi connectivity index (χ4n) is 4.18. The van der Waals surface area contributed by atoms with Gasteiger partial charge in [-0.1, -0.05) is 6.92 Å². The lowest BCUT2D eigenvalue weighted by molar-refractivity contribution is -0.136. The van der Waals surface area contributed by atoms with E-state index in [1.165, 1.54) is 0 Å². The largest absolute Gasteiger partial charge is 0.464 e. The molecule has 1 amide bonds. The Morgan fingerprint density at radius 3 is 2.52 bits per heavy atom. The van der Waals surface area contributed by atoms with Crippen LogP contribution >= 0.6 is 0 Å². The first-order valence-electron chi connectivity index (χ1n) is 10.5. The summed E-state index contributed by atoms with van der Waals surface area (Å²) in [4.78, 5) is 13.8. The van der Waals surface area contributed by atoms with E-state index >= 15 is 0 Å². The van der Waals surface area contributed by atoms with Gasteiger partial charge < -0.3 is 9.32 Å². The zero-order valence-electron chi connectivity index (χ0n) is 17.6. The van der Waals surface area contributed by atoms with E-state index in [-0.39, 0.29) is 24.9 Å². The fraction of sp³-hybridized carbons (Fsp3) is 0.500. The van der Waals surface area contributed by atoms with Crippen LogP contribution in [0.2, 0.25) is 0 Å². The number of benzene rings is 1. The highest BCUT2D eigenvalue weighted by Crippen LogP contribution is 2.47. The molecule has 0 bridgehead atoms. The van der Waals surface area contributed by atoms with Gasteiger partial charge in [-0.25, -0.2) is 17.2 Å². The molecular formula is C22H26F2N2O4S. The van der Waals surface area contributed by atoms with Gasteiger partial charge in [0.15, 0.2) is 0 Å². The smallest absolute Gasteiger partial charge is 0.246 e. The molecule has 2 atom stereocenters. The maximum absolute atomic E-state index is 14.0. The Bertz CT molecular complexity index is 1080. The molecule has 31 heavy (non-hydrogen) atoms. The summed E-state index contributed by atoms with van der Waals surface area (Å²) in [5.74, 6) is 0.600. The average molecular weight is 453 g/mol. The highest BCUT2D eigenvalue weighted by atomic mass is 32.2. The van der Waals surface area contributed by atoms with Gasteiger partial charge in [0.05, 0.1) is 6.54 Å². The van der Waals surface area contributed by atoms with Crippen molar-refractivity contribution in [3.8, 4) is 0 Å². The SMILES string of the molecule is C[C@H]1C[C@@H]1c1ccc(CN(C)C(=O)C2CCN(S(=O)(=O)c3cc(F)ccc3F)CC2)o1. The topological polar surface area (TPSA) is 70.8 Å². The lowest BCUT2D eigenvalue weighted by Gasteiger charge is -2.32. The third-order valence-corrected chi connectivity index (χ3v) is 8.15. The Hall–Kier alpha value is -2.26. The van der Waals surface area contributed by atoms with E-state index in [1.54, 1.807) is 11.9 Å². The van der Waals surface area contributed by atoms with E-state index in [4.69, 9.17) is 4.42 Å². The Morgan fingerprint density at radius 1 is 1.19 bits per heavy atom. The predicted molar refractivity (Wildman–Crippen MR) is 110 cm³/mol. The van der Waals surface area contributed by atoms with Gasteiger partial charge in [-0.05, 0) is 55.5 Å². The van der Waals surface area contributed by atoms with Crippen LogP contribution in [0.1, 0.15) is 43.6 Å². The molecule has 1 saturated carbocycles. The summed E-state index contributed by atoms with van der Waals surface area (Å²) >= 11 is 0. The number of carbonyl (C=O) groups excluding carboxylic acids is 1. The molecule has 4 rings (SSSR count). The molecular weight excluding hydrogens is 426 g/mol. The van der Waals surface area contributed by atoms with Crippen molar-refractivity contribution in [2.24, 2.45) is 11.8 Å². The van der Waals surface area contributed by atoms with Crippen LogP contribution in [-0.2, 0) is 21.4 Å². The number of piperidine rings is 1. The van der Waals surface area contributed by atoms with Crippen molar-refractivity contribution in [1.82, 2.24) is 9.21 Å². The molecule has 1 aliphatic carbocycles. The molecule has 1 aromatic heterocycles. The molecule has 0 spiro atoms. The molecule has 1 saturated heterocycles. The van der Waals surface area contributed by atoms with Crippen LogP contribution in [0.15, 0.2) is 39.6 Å². The van der Waals surface area contributed by atoms with E-state index in [1.807, 2.05) is 12.1 Å². The normalized spacial score (nSPS) is 22.5. The maximum Gasteiger partial charge on any atom is 0.246 e. The molecule has 9 heteroatoms. The third kappa shape index (κ3) is 4.52. The van der Waals surface area contributed by atoms with Gasteiger partial charge >= 0.3 is 0 Å². The number of rotatable bonds is 6. The first-order valence-corrected chi connectivity index (χ1v) is 11.9. The van der Waals surface area contributed by atoms with Crippen LogP contribution in [0, 0.1) is 23.5 Å². The number of nitrogens with zero attached hydrogens (tertiary/aromatic N) is 2. The molecule has 168 valence electrons. The summed E-state index contributed by atoms with van der Waals surface area (Å²) < 4.78 is 59.8. The molecule has 1 aromatic carbocycles. The van der Waals surface area contributed by atoms with E-state index in [0.717, 1.165) is 34.4 Å². The lowest BCUT2D eigenvalue weighted by atomic mass is 9.96. The monoisotopic (exact) mass is 452 g/mol. The minimum atomic E-state index is -4.16. The van der Waals surface area contributed by atoms with Crippen LogP contribution in [0.5, 0.6) is 0 Å². The molecule has 2 aromatic rings. The van der Waals surface area contributed by atoms with Crippen LogP contribution < -0.4 is 0 Å². The lowest BCUT2D eigenvalue weighted by Crippen LogP contribution is -2.43. The highest BCUT2D eigenvalue weighted by molar-refractivity contribution is 7.89. The second-order valence-electron chi connectivity index (χ2n) is 8.57. The quantitative estimate of drug-likeness (QED) is 0.670. The van der Waals surface area contributed by atoms with Gasteiger partial charge in [0, 0.05) is 32.0 Å². The summed E-state index contributed by atoms with van der Waals surface area (Å²) in [6.45, 7) is 2.69. The number of sulfonamides is 1. The molecule has 0 unspecified atom stereocenters. The van der Waals surface area contributed by atoms with Crippen molar-refractivity contribution in [2.75, 3.05) is 20.1 Å². The molecule has 1 aliphatic heterocycles. The van der Waals surface area contributed by atoms with Crippen molar-refractivity contribution in [2.45, 2.75) is 43.5 Å². The van der Waals surface area contributed by atoms with Crippen molar-refractivity contribution < 1.29 is 26.4 Å². The first kappa shape index (κ1) is 22.0. The number of halogens is 2. The fourth-order valence-corrected chi connectivity index (χ4v) is 5.72. The van der Waals surface area contributed by atoms with Gasteiger partial charge in [-0.2, -0.15) is 4.31 Å². The zero-order valence-corrected chi connectivity index (χ0v) is 18.4. The van der Waals surface area contributed by atoms with Crippen molar-refractivity contribution in [1.29, 1.82) is 0 Å².